The van der Waals surface area contributed by atoms with E-state index in [0.717, 1.165) is 12.5 Å². The van der Waals surface area contributed by atoms with E-state index >= 15 is 0 Å². The van der Waals surface area contributed by atoms with Crippen molar-refractivity contribution in [2.75, 3.05) is 14.2 Å². The average Bonchev–Trinajstić information content (AvgIpc) is 2.53. The van der Waals surface area contributed by atoms with Crippen molar-refractivity contribution in [3.8, 4) is 0 Å². The van der Waals surface area contributed by atoms with E-state index in [-0.39, 0.29) is 24.0 Å². The summed E-state index contributed by atoms with van der Waals surface area (Å²) in [5, 5.41) is 6.84. The van der Waals surface area contributed by atoms with Gasteiger partial charge in [0.15, 0.2) is 5.96 Å². The summed E-state index contributed by atoms with van der Waals surface area (Å²) >= 11 is 0. The molecule has 0 aromatic heterocycles. The van der Waals surface area contributed by atoms with Crippen molar-refractivity contribution in [1.29, 1.82) is 0 Å². The highest BCUT2D eigenvalue weighted by Gasteiger charge is 2.06. The summed E-state index contributed by atoms with van der Waals surface area (Å²) in [5.41, 5.74) is 2.45. The van der Waals surface area contributed by atoms with Gasteiger partial charge in [0, 0.05) is 26.7 Å². The van der Waals surface area contributed by atoms with Gasteiger partial charge in [-0.1, -0.05) is 50.5 Å². The second kappa shape index (κ2) is 13.6. The lowest BCUT2D eigenvalue weighted by molar-refractivity contribution is 0.184. The predicted octanol–water partition coefficient (Wildman–Crippen LogP) is 4.08. The van der Waals surface area contributed by atoms with E-state index in [9.17, 15) is 0 Å². The molecule has 1 atom stereocenters. The molecule has 4 nitrogen and oxygen atoms in total. The Labute approximate surface area is 158 Å². The largest absolute Gasteiger partial charge is 0.380 e. The summed E-state index contributed by atoms with van der Waals surface area (Å²) in [6.45, 7) is 5.83. The molecular formula is C18H32IN3O. The molecule has 0 amide bonds. The molecule has 132 valence electrons. The third-order valence-electron chi connectivity index (χ3n) is 3.71. The van der Waals surface area contributed by atoms with Crippen molar-refractivity contribution in [3.05, 3.63) is 35.4 Å². The fraction of sp³-hybridized carbons (Fsp3) is 0.611. The first-order chi connectivity index (χ1) is 10.7. The van der Waals surface area contributed by atoms with Crippen LogP contribution >= 0.6 is 24.0 Å². The lowest BCUT2D eigenvalue weighted by atomic mass is 10.1. The molecule has 0 aliphatic carbocycles. The molecule has 0 saturated carbocycles. The lowest BCUT2D eigenvalue weighted by Crippen LogP contribution is -2.41. The Kier molecular flexibility index (Phi) is 13.1. The molecule has 0 spiro atoms. The van der Waals surface area contributed by atoms with Crippen LogP contribution in [-0.2, 0) is 17.9 Å². The van der Waals surface area contributed by atoms with Gasteiger partial charge in [-0.25, -0.2) is 0 Å². The number of benzene rings is 1. The van der Waals surface area contributed by atoms with Crippen LogP contribution < -0.4 is 10.6 Å². The summed E-state index contributed by atoms with van der Waals surface area (Å²) in [6, 6.07) is 8.76. The van der Waals surface area contributed by atoms with Gasteiger partial charge in [0.25, 0.3) is 0 Å². The van der Waals surface area contributed by atoms with Crippen LogP contribution in [0.4, 0.5) is 0 Å². The predicted molar refractivity (Wildman–Crippen MR) is 110 cm³/mol. The van der Waals surface area contributed by atoms with Crippen LogP contribution in [0.15, 0.2) is 29.3 Å². The molecule has 5 heteroatoms. The van der Waals surface area contributed by atoms with Crippen LogP contribution in [0.1, 0.15) is 50.7 Å². The highest BCUT2D eigenvalue weighted by molar-refractivity contribution is 14.0. The Morgan fingerprint density at radius 3 is 2.52 bits per heavy atom. The quantitative estimate of drug-likeness (QED) is 0.267. The zero-order valence-corrected chi connectivity index (χ0v) is 17.2. The molecular weight excluding hydrogens is 401 g/mol. The van der Waals surface area contributed by atoms with Crippen LogP contribution in [0.2, 0.25) is 0 Å². The first kappa shape index (κ1) is 22.2. The second-order valence-electron chi connectivity index (χ2n) is 5.67. The number of ether oxygens (including phenoxy) is 1. The molecule has 23 heavy (non-hydrogen) atoms. The standard InChI is InChI=1S/C18H31N3O.HI/c1-5-6-7-10-15(2)21-18(19-3)20-13-16-11-8-9-12-17(16)14-22-4;/h8-9,11-12,15H,5-7,10,13-14H2,1-4H3,(H2,19,20,21);1H. The molecule has 0 bridgehead atoms. The molecule has 0 aliphatic heterocycles. The molecule has 0 heterocycles. The van der Waals surface area contributed by atoms with Crippen molar-refractivity contribution >= 4 is 29.9 Å². The van der Waals surface area contributed by atoms with E-state index in [4.69, 9.17) is 4.74 Å². The van der Waals surface area contributed by atoms with Crippen molar-refractivity contribution in [2.24, 2.45) is 4.99 Å². The van der Waals surface area contributed by atoms with E-state index in [0.29, 0.717) is 12.6 Å². The minimum absolute atomic E-state index is 0. The van der Waals surface area contributed by atoms with Gasteiger partial charge < -0.3 is 15.4 Å². The van der Waals surface area contributed by atoms with E-state index in [1.165, 1.54) is 36.8 Å². The van der Waals surface area contributed by atoms with E-state index in [2.05, 4.69) is 47.7 Å². The van der Waals surface area contributed by atoms with Gasteiger partial charge in [0.2, 0.25) is 0 Å². The SMILES string of the molecule is CCCCCC(C)NC(=NC)NCc1ccccc1COC.I. The fourth-order valence-corrected chi connectivity index (χ4v) is 2.41. The number of halogens is 1. The van der Waals surface area contributed by atoms with Gasteiger partial charge >= 0.3 is 0 Å². The summed E-state index contributed by atoms with van der Waals surface area (Å²) in [7, 11) is 3.54. The summed E-state index contributed by atoms with van der Waals surface area (Å²) in [5.74, 6) is 0.858. The van der Waals surface area contributed by atoms with Crippen molar-refractivity contribution in [3.63, 3.8) is 0 Å². The van der Waals surface area contributed by atoms with Crippen LogP contribution in [0.5, 0.6) is 0 Å². The summed E-state index contributed by atoms with van der Waals surface area (Å²) in [6.07, 6.45) is 4.99. The van der Waals surface area contributed by atoms with Crippen molar-refractivity contribution in [2.45, 2.75) is 58.7 Å². The number of hydrogen-bond donors (Lipinski definition) is 2. The van der Waals surface area contributed by atoms with Crippen molar-refractivity contribution in [1.82, 2.24) is 10.6 Å². The molecule has 0 fully saturated rings. The van der Waals surface area contributed by atoms with Gasteiger partial charge in [-0.05, 0) is 24.5 Å². The minimum atomic E-state index is 0. The van der Waals surface area contributed by atoms with Crippen LogP contribution in [-0.4, -0.2) is 26.2 Å². The molecule has 2 N–H and O–H groups in total. The summed E-state index contributed by atoms with van der Waals surface area (Å²) in [4.78, 5) is 4.31. The van der Waals surface area contributed by atoms with Gasteiger partial charge in [-0.3, -0.25) is 4.99 Å². The third kappa shape index (κ3) is 9.15. The topological polar surface area (TPSA) is 45.7 Å². The van der Waals surface area contributed by atoms with Gasteiger partial charge in [-0.2, -0.15) is 0 Å². The third-order valence-corrected chi connectivity index (χ3v) is 3.71. The number of guanidine groups is 1. The van der Waals surface area contributed by atoms with Gasteiger partial charge in [0.05, 0.1) is 6.61 Å². The number of aliphatic imine (C=N–C) groups is 1. The van der Waals surface area contributed by atoms with Gasteiger partial charge in [0.1, 0.15) is 0 Å². The summed E-state index contributed by atoms with van der Waals surface area (Å²) < 4.78 is 5.25. The Morgan fingerprint density at radius 2 is 1.91 bits per heavy atom. The number of nitrogens with zero attached hydrogens (tertiary/aromatic N) is 1. The normalized spacial score (nSPS) is 12.4. The lowest BCUT2D eigenvalue weighted by Gasteiger charge is -2.18. The Morgan fingerprint density at radius 1 is 1.22 bits per heavy atom. The van der Waals surface area contributed by atoms with Gasteiger partial charge in [-0.15, -0.1) is 24.0 Å². The molecule has 0 radical (unpaired) electrons. The number of unbranched alkanes of at least 4 members (excludes halogenated alkanes) is 2. The molecule has 1 unspecified atom stereocenters. The van der Waals surface area contributed by atoms with E-state index in [1.54, 1.807) is 7.11 Å². The fourth-order valence-electron chi connectivity index (χ4n) is 2.41. The monoisotopic (exact) mass is 433 g/mol. The molecule has 1 aromatic carbocycles. The Balaban J connectivity index is 0.00000484. The smallest absolute Gasteiger partial charge is 0.191 e. The van der Waals surface area contributed by atoms with Crippen LogP contribution in [0.3, 0.4) is 0 Å². The molecule has 0 aliphatic rings. The zero-order chi connectivity index (χ0) is 16.2. The first-order valence-corrected chi connectivity index (χ1v) is 8.24. The molecule has 1 aromatic rings. The first-order valence-electron chi connectivity index (χ1n) is 8.24. The molecule has 0 saturated heterocycles. The highest BCUT2D eigenvalue weighted by Crippen LogP contribution is 2.09. The number of rotatable bonds is 9. The van der Waals surface area contributed by atoms with Crippen molar-refractivity contribution < 1.29 is 4.74 Å². The maximum Gasteiger partial charge on any atom is 0.191 e. The van der Waals surface area contributed by atoms with Crippen LogP contribution in [0, 0.1) is 0 Å². The minimum Gasteiger partial charge on any atom is -0.380 e. The molecule has 1 rings (SSSR count). The van der Waals surface area contributed by atoms with E-state index < -0.39 is 0 Å². The average molecular weight is 433 g/mol. The number of hydrogen-bond acceptors (Lipinski definition) is 2. The second-order valence-corrected chi connectivity index (χ2v) is 5.67. The number of nitrogens with one attached hydrogen (secondary N) is 2. The number of methoxy groups -OCH3 is 1. The van der Waals surface area contributed by atoms with E-state index in [1.807, 2.05) is 13.1 Å². The Hall–Kier alpha value is -0.820. The highest BCUT2D eigenvalue weighted by atomic mass is 127. The zero-order valence-electron chi connectivity index (χ0n) is 14.9. The Bertz CT molecular complexity index is 452. The maximum atomic E-state index is 5.25. The van der Waals surface area contributed by atoms with Crippen LogP contribution in [0.25, 0.3) is 0 Å². The maximum absolute atomic E-state index is 5.25.